The lowest BCUT2D eigenvalue weighted by Gasteiger charge is -2.29. The van der Waals surface area contributed by atoms with Crippen molar-refractivity contribution in [2.75, 3.05) is 47.0 Å². The van der Waals surface area contributed by atoms with E-state index < -0.39 is 6.09 Å². The van der Waals surface area contributed by atoms with Gasteiger partial charge in [-0.3, -0.25) is 0 Å². The molecule has 0 aliphatic carbocycles. The number of rotatable bonds is 38. The Morgan fingerprint density at radius 1 is 0.588 bits per heavy atom. The van der Waals surface area contributed by atoms with Crippen LogP contribution in [0.25, 0.3) is 0 Å². The summed E-state index contributed by atoms with van der Waals surface area (Å²) in [5, 5.41) is 9.58. The van der Waals surface area contributed by atoms with E-state index in [0.717, 1.165) is 51.6 Å². The van der Waals surface area contributed by atoms with Gasteiger partial charge >= 0.3 is 6.09 Å². The van der Waals surface area contributed by atoms with Crippen molar-refractivity contribution in [3.63, 3.8) is 0 Å². The van der Waals surface area contributed by atoms with Crippen molar-refractivity contribution in [3.8, 4) is 0 Å². The van der Waals surface area contributed by atoms with Gasteiger partial charge in [0.15, 0.2) is 0 Å². The first-order chi connectivity index (χ1) is 25.0. The van der Waals surface area contributed by atoms with E-state index >= 15 is 0 Å². The zero-order valence-corrected chi connectivity index (χ0v) is 34.3. The molecule has 2 atom stereocenters. The van der Waals surface area contributed by atoms with Gasteiger partial charge in [-0.1, -0.05) is 134 Å². The smallest absolute Gasteiger partial charge is 0.407 e. The van der Waals surface area contributed by atoms with Crippen LogP contribution >= 0.6 is 0 Å². The van der Waals surface area contributed by atoms with E-state index in [1.165, 1.54) is 114 Å². The van der Waals surface area contributed by atoms with Crippen LogP contribution in [-0.4, -0.2) is 80.2 Å². The maximum atomic E-state index is 11.7. The van der Waals surface area contributed by atoms with E-state index in [9.17, 15) is 9.90 Å². The van der Waals surface area contributed by atoms with Crippen molar-refractivity contribution in [2.45, 2.75) is 187 Å². The highest BCUT2D eigenvalue weighted by Gasteiger charge is 2.20. The van der Waals surface area contributed by atoms with E-state index in [4.69, 9.17) is 9.47 Å². The van der Waals surface area contributed by atoms with Gasteiger partial charge in [0.05, 0.1) is 18.8 Å². The fourth-order valence-corrected chi connectivity index (χ4v) is 6.07. The minimum absolute atomic E-state index is 0.0369. The summed E-state index contributed by atoms with van der Waals surface area (Å²) in [5.41, 5.74) is 0. The average molecular weight is 717 g/mol. The Morgan fingerprint density at radius 2 is 1.08 bits per heavy atom. The number of ether oxygens (including phenoxy) is 2. The molecular weight excluding hydrogens is 633 g/mol. The number of hydrogen-bond acceptors (Lipinski definition) is 4. The Morgan fingerprint density at radius 3 is 1.57 bits per heavy atom. The Bertz CT molecular complexity index is 853. The topological polar surface area (TPSA) is 62.2 Å². The van der Waals surface area contributed by atoms with Crippen LogP contribution in [0.2, 0.25) is 0 Å². The largest absolute Gasteiger partial charge is 0.465 e. The van der Waals surface area contributed by atoms with Crippen molar-refractivity contribution in [1.29, 1.82) is 0 Å². The summed E-state index contributed by atoms with van der Waals surface area (Å²) in [7, 11) is 4.00. The third-order valence-corrected chi connectivity index (χ3v) is 9.50. The van der Waals surface area contributed by atoms with E-state index in [2.05, 4.69) is 67.4 Å². The van der Waals surface area contributed by atoms with Gasteiger partial charge in [0.25, 0.3) is 0 Å². The molecule has 1 N–H and O–H groups in total. The maximum absolute atomic E-state index is 11.7. The first kappa shape index (κ1) is 49.1. The maximum Gasteiger partial charge on any atom is 0.407 e. The molecule has 0 saturated carbocycles. The molecule has 298 valence electrons. The molecule has 2 unspecified atom stereocenters. The second kappa shape index (κ2) is 39.3. The summed E-state index contributed by atoms with van der Waals surface area (Å²) in [6.07, 6.45) is 46.8. The van der Waals surface area contributed by atoms with Crippen LogP contribution in [0.15, 0.2) is 48.6 Å². The van der Waals surface area contributed by atoms with E-state index in [1.807, 2.05) is 21.0 Å². The standard InChI is InChI=1S/C45H84N2O4/c1-6-9-11-13-15-17-19-21-22-23-25-27-29-31-33-35-39-51-44(36-34-32-30-28-26-24-20-18-16-14-12-10-7-2)37-40-50-42-43(46(4)5)41-47(38-8-3)45(48)49/h15-18,21-22,24,26,43-44H,6-14,19-20,23,25,27-42H2,1-5H3,(H,48,49)/b17-15+,18-16-,22-21+,26-24-. The summed E-state index contributed by atoms with van der Waals surface area (Å²) in [6.45, 7) is 9.55. The molecule has 0 aromatic carbocycles. The average Bonchev–Trinajstić information content (AvgIpc) is 3.11. The highest BCUT2D eigenvalue weighted by molar-refractivity contribution is 5.64. The number of likely N-dealkylation sites (N-methyl/N-ethyl adjacent to an activating group) is 1. The van der Waals surface area contributed by atoms with Crippen molar-refractivity contribution >= 4 is 6.09 Å². The number of amides is 1. The SMILES string of the molecule is CCCCC/C=C\C/C=C\CCCCCC(CCOCC(CN(CCC)C(=O)O)N(C)C)OCCCCCCCC/C=C/C/C=C/CCCCC. The summed E-state index contributed by atoms with van der Waals surface area (Å²) in [5.74, 6) is 0. The van der Waals surface area contributed by atoms with Crippen molar-refractivity contribution in [2.24, 2.45) is 0 Å². The van der Waals surface area contributed by atoms with Gasteiger partial charge in [-0.05, 0) is 104 Å². The van der Waals surface area contributed by atoms with Crippen molar-refractivity contribution < 1.29 is 19.4 Å². The highest BCUT2D eigenvalue weighted by Crippen LogP contribution is 2.15. The van der Waals surface area contributed by atoms with E-state index in [0.29, 0.717) is 26.3 Å². The number of unbranched alkanes of at least 4 members (excludes halogenated alkanes) is 15. The minimum Gasteiger partial charge on any atom is -0.465 e. The molecule has 0 rings (SSSR count). The lowest BCUT2D eigenvalue weighted by Crippen LogP contribution is -2.45. The molecular formula is C45H84N2O4. The molecule has 51 heavy (non-hydrogen) atoms. The van der Waals surface area contributed by atoms with Crippen LogP contribution in [0.1, 0.15) is 175 Å². The molecule has 0 aromatic heterocycles. The molecule has 0 aliphatic rings. The lowest BCUT2D eigenvalue weighted by atomic mass is 10.1. The Hall–Kier alpha value is -1.89. The van der Waals surface area contributed by atoms with Gasteiger partial charge in [0.1, 0.15) is 0 Å². The molecule has 0 aliphatic heterocycles. The van der Waals surface area contributed by atoms with Crippen molar-refractivity contribution in [1.82, 2.24) is 9.80 Å². The van der Waals surface area contributed by atoms with Crippen LogP contribution in [-0.2, 0) is 9.47 Å². The third-order valence-electron chi connectivity index (χ3n) is 9.50. The quantitative estimate of drug-likeness (QED) is 0.0509. The number of allylic oxidation sites excluding steroid dienone is 8. The monoisotopic (exact) mass is 717 g/mol. The van der Waals surface area contributed by atoms with E-state index in [-0.39, 0.29) is 12.1 Å². The van der Waals surface area contributed by atoms with E-state index in [1.54, 1.807) is 0 Å². The van der Waals surface area contributed by atoms with Crippen LogP contribution in [0.5, 0.6) is 0 Å². The molecule has 0 saturated heterocycles. The molecule has 0 bridgehead atoms. The Labute approximate surface area is 317 Å². The first-order valence-electron chi connectivity index (χ1n) is 21.4. The third kappa shape index (κ3) is 34.9. The molecule has 0 fully saturated rings. The fourth-order valence-electron chi connectivity index (χ4n) is 6.07. The van der Waals surface area contributed by atoms with Crippen LogP contribution in [0, 0.1) is 0 Å². The second-order valence-electron chi connectivity index (χ2n) is 14.6. The summed E-state index contributed by atoms with van der Waals surface area (Å²) >= 11 is 0. The Kier molecular flexibility index (Phi) is 37.9. The molecule has 0 aromatic rings. The summed E-state index contributed by atoms with van der Waals surface area (Å²) in [6, 6.07) is 0.0369. The molecule has 6 nitrogen and oxygen atoms in total. The van der Waals surface area contributed by atoms with Crippen LogP contribution in [0.3, 0.4) is 0 Å². The Balaban J connectivity index is 4.43. The second-order valence-corrected chi connectivity index (χ2v) is 14.6. The minimum atomic E-state index is -0.855. The normalized spacial score (nSPS) is 13.5. The zero-order chi connectivity index (χ0) is 37.5. The fraction of sp³-hybridized carbons (Fsp3) is 0.800. The molecule has 0 spiro atoms. The van der Waals surface area contributed by atoms with Gasteiger partial charge in [0, 0.05) is 26.3 Å². The van der Waals surface area contributed by atoms with Gasteiger partial charge in [-0.2, -0.15) is 0 Å². The number of carboxylic acid groups (broad SMARTS) is 1. The predicted octanol–water partition coefficient (Wildman–Crippen LogP) is 12.9. The van der Waals surface area contributed by atoms with Crippen molar-refractivity contribution in [3.05, 3.63) is 48.6 Å². The summed E-state index contributed by atoms with van der Waals surface area (Å²) in [4.78, 5) is 15.2. The molecule has 0 radical (unpaired) electrons. The van der Waals surface area contributed by atoms with Gasteiger partial charge in [-0.25, -0.2) is 4.79 Å². The highest BCUT2D eigenvalue weighted by atomic mass is 16.5. The lowest BCUT2D eigenvalue weighted by molar-refractivity contribution is 0.00293. The van der Waals surface area contributed by atoms with Gasteiger partial charge < -0.3 is 24.4 Å². The van der Waals surface area contributed by atoms with Crippen LogP contribution in [0.4, 0.5) is 4.79 Å². The summed E-state index contributed by atoms with van der Waals surface area (Å²) < 4.78 is 12.6. The molecule has 1 amide bonds. The predicted molar refractivity (Wildman–Crippen MR) is 222 cm³/mol. The molecule has 0 heterocycles. The number of hydrogen-bond donors (Lipinski definition) is 1. The number of nitrogens with zero attached hydrogens (tertiary/aromatic N) is 2. The molecule has 6 heteroatoms. The first-order valence-corrected chi connectivity index (χ1v) is 21.4. The van der Waals surface area contributed by atoms with Crippen LogP contribution < -0.4 is 0 Å². The number of carbonyl (C=O) groups is 1. The zero-order valence-electron chi connectivity index (χ0n) is 34.3. The van der Waals surface area contributed by atoms with Gasteiger partial charge in [0.2, 0.25) is 0 Å². The van der Waals surface area contributed by atoms with Gasteiger partial charge in [-0.15, -0.1) is 0 Å².